The van der Waals surface area contributed by atoms with E-state index in [1.54, 1.807) is 32.2 Å². The molecule has 0 saturated heterocycles. The van der Waals surface area contributed by atoms with Crippen LogP contribution in [0.1, 0.15) is 21.7 Å². The number of methoxy groups -OCH3 is 1. The third kappa shape index (κ3) is 4.49. The Bertz CT molecular complexity index is 1610. The smallest absolute Gasteiger partial charge is 0.341 e. The maximum Gasteiger partial charge on any atom is 0.341 e. The zero-order valence-corrected chi connectivity index (χ0v) is 20.4. The Morgan fingerprint density at radius 2 is 1.86 bits per heavy atom. The fourth-order valence-electron chi connectivity index (χ4n) is 4.42. The summed E-state index contributed by atoms with van der Waals surface area (Å²) in [4.78, 5) is 20.2. The van der Waals surface area contributed by atoms with Crippen LogP contribution in [-0.4, -0.2) is 44.4 Å². The number of aromatic nitrogens is 4. The van der Waals surface area contributed by atoms with E-state index in [9.17, 15) is 14.3 Å². The number of hydrogen-bond donors (Lipinski definition) is 2. The molecule has 3 heterocycles. The van der Waals surface area contributed by atoms with E-state index in [4.69, 9.17) is 9.26 Å². The summed E-state index contributed by atoms with van der Waals surface area (Å²) in [6, 6.07) is 14.0. The SMILES string of the molecule is COc1ccc(F)c2c1cc(C)n2CCNc1cc(-c2ccc(-c3onc(C)c3C(=O)O)cc2)ncn1. The van der Waals surface area contributed by atoms with Gasteiger partial charge in [0.05, 0.1) is 24.0 Å². The Kier molecular flexibility index (Phi) is 6.31. The molecule has 37 heavy (non-hydrogen) atoms. The van der Waals surface area contributed by atoms with E-state index in [0.29, 0.717) is 47.1 Å². The van der Waals surface area contributed by atoms with E-state index >= 15 is 0 Å². The van der Waals surface area contributed by atoms with Gasteiger partial charge in [-0.2, -0.15) is 0 Å². The fraction of sp³-hybridized carbons (Fsp3) is 0.185. The van der Waals surface area contributed by atoms with Crippen LogP contribution < -0.4 is 10.1 Å². The lowest BCUT2D eigenvalue weighted by Gasteiger charge is -2.12. The monoisotopic (exact) mass is 501 g/mol. The van der Waals surface area contributed by atoms with Gasteiger partial charge >= 0.3 is 5.97 Å². The van der Waals surface area contributed by atoms with Gasteiger partial charge in [0.1, 0.15) is 29.3 Å². The number of benzene rings is 2. The number of carbonyl (C=O) groups is 1. The van der Waals surface area contributed by atoms with Crippen LogP contribution in [-0.2, 0) is 6.54 Å². The summed E-state index contributed by atoms with van der Waals surface area (Å²) in [5.41, 5.74) is 3.92. The van der Waals surface area contributed by atoms with Crippen molar-refractivity contribution in [1.29, 1.82) is 0 Å². The lowest BCUT2D eigenvalue weighted by Crippen LogP contribution is -2.13. The lowest BCUT2D eigenvalue weighted by molar-refractivity contribution is 0.0696. The van der Waals surface area contributed by atoms with Crippen molar-refractivity contribution in [1.82, 2.24) is 19.7 Å². The van der Waals surface area contributed by atoms with Crippen molar-refractivity contribution in [3.05, 3.63) is 77.6 Å². The molecule has 0 aliphatic heterocycles. The average molecular weight is 502 g/mol. The highest BCUT2D eigenvalue weighted by Crippen LogP contribution is 2.31. The molecule has 3 aromatic heterocycles. The first kappa shape index (κ1) is 24.0. The maximum absolute atomic E-state index is 14.6. The molecule has 0 unspecified atom stereocenters. The summed E-state index contributed by atoms with van der Waals surface area (Å²) >= 11 is 0. The molecule has 2 aromatic carbocycles. The molecule has 9 nitrogen and oxygen atoms in total. The molecule has 0 fully saturated rings. The number of halogens is 1. The minimum atomic E-state index is -1.09. The fourth-order valence-corrected chi connectivity index (χ4v) is 4.42. The second-order valence-corrected chi connectivity index (χ2v) is 8.52. The summed E-state index contributed by atoms with van der Waals surface area (Å²) in [6.45, 7) is 4.56. The van der Waals surface area contributed by atoms with Crippen molar-refractivity contribution in [2.24, 2.45) is 0 Å². The Balaban J connectivity index is 1.32. The van der Waals surface area contributed by atoms with Crippen molar-refractivity contribution in [3.8, 4) is 28.3 Å². The molecule has 0 atom stereocenters. The van der Waals surface area contributed by atoms with E-state index < -0.39 is 5.97 Å². The third-order valence-electron chi connectivity index (χ3n) is 6.22. The number of nitrogens with one attached hydrogen (secondary N) is 1. The summed E-state index contributed by atoms with van der Waals surface area (Å²) in [5, 5.41) is 17.2. The normalized spacial score (nSPS) is 11.1. The highest BCUT2D eigenvalue weighted by molar-refractivity contribution is 5.95. The van der Waals surface area contributed by atoms with Gasteiger partial charge < -0.3 is 24.3 Å². The van der Waals surface area contributed by atoms with E-state index in [2.05, 4.69) is 20.4 Å². The van der Waals surface area contributed by atoms with Gasteiger partial charge in [-0.1, -0.05) is 29.4 Å². The molecule has 0 radical (unpaired) electrons. The first-order chi connectivity index (χ1) is 17.9. The number of anilines is 1. The highest BCUT2D eigenvalue weighted by atomic mass is 19.1. The lowest BCUT2D eigenvalue weighted by atomic mass is 10.0. The predicted octanol–water partition coefficient (Wildman–Crippen LogP) is 5.33. The Hall–Kier alpha value is -4.73. The van der Waals surface area contributed by atoms with Gasteiger partial charge in [0.2, 0.25) is 0 Å². The Labute approximate surface area is 211 Å². The van der Waals surface area contributed by atoms with Gasteiger partial charge in [-0.15, -0.1) is 0 Å². The quantitative estimate of drug-likeness (QED) is 0.293. The minimum absolute atomic E-state index is 0.0466. The van der Waals surface area contributed by atoms with E-state index in [-0.39, 0.29) is 17.1 Å². The first-order valence-electron chi connectivity index (χ1n) is 11.6. The Morgan fingerprint density at radius 3 is 2.59 bits per heavy atom. The molecule has 188 valence electrons. The van der Waals surface area contributed by atoms with Crippen molar-refractivity contribution in [2.45, 2.75) is 20.4 Å². The van der Waals surface area contributed by atoms with Crippen LogP contribution in [0, 0.1) is 19.7 Å². The van der Waals surface area contributed by atoms with Crippen LogP contribution in [0.2, 0.25) is 0 Å². The zero-order valence-electron chi connectivity index (χ0n) is 20.4. The number of rotatable bonds is 8. The van der Waals surface area contributed by atoms with Crippen molar-refractivity contribution >= 4 is 22.7 Å². The van der Waals surface area contributed by atoms with Gasteiger partial charge in [0.25, 0.3) is 0 Å². The second-order valence-electron chi connectivity index (χ2n) is 8.52. The van der Waals surface area contributed by atoms with E-state index in [1.165, 1.54) is 12.4 Å². The van der Waals surface area contributed by atoms with E-state index in [1.807, 2.05) is 35.8 Å². The van der Waals surface area contributed by atoms with Gasteiger partial charge in [0.15, 0.2) is 5.76 Å². The molecule has 2 N–H and O–H groups in total. The van der Waals surface area contributed by atoms with Gasteiger partial charge in [-0.25, -0.2) is 19.2 Å². The molecule has 0 bridgehead atoms. The number of aryl methyl sites for hydroxylation is 2. The number of ether oxygens (including phenoxy) is 1. The molecule has 10 heteroatoms. The second kappa shape index (κ2) is 9.73. The third-order valence-corrected chi connectivity index (χ3v) is 6.22. The Morgan fingerprint density at radius 1 is 1.11 bits per heavy atom. The van der Waals surface area contributed by atoms with E-state index in [0.717, 1.165) is 16.6 Å². The first-order valence-corrected chi connectivity index (χ1v) is 11.6. The van der Waals surface area contributed by atoms with Gasteiger partial charge in [-0.3, -0.25) is 0 Å². The van der Waals surface area contributed by atoms with Crippen LogP contribution in [0.25, 0.3) is 33.5 Å². The summed E-state index contributed by atoms with van der Waals surface area (Å²) < 4.78 is 27.1. The standard InChI is InChI=1S/C27H24FN5O4/c1-15-12-19-22(36-3)9-8-20(28)25(19)33(15)11-10-29-23-13-21(30-14-31-23)17-4-6-18(7-5-17)26-24(27(34)35)16(2)32-37-26/h4-9,12-14H,10-11H2,1-3H3,(H,34,35)(H,29,30,31). The molecule has 0 amide bonds. The summed E-state index contributed by atoms with van der Waals surface area (Å²) in [6.07, 6.45) is 1.47. The molecule has 5 aromatic rings. The van der Waals surface area contributed by atoms with Crippen molar-refractivity contribution in [2.75, 3.05) is 19.0 Å². The van der Waals surface area contributed by atoms with Crippen LogP contribution in [0.3, 0.4) is 0 Å². The molecule has 5 rings (SSSR count). The number of nitrogens with zero attached hydrogens (tertiary/aromatic N) is 4. The highest BCUT2D eigenvalue weighted by Gasteiger charge is 2.21. The molecular weight excluding hydrogens is 477 g/mol. The van der Waals surface area contributed by atoms with Crippen LogP contribution in [0.4, 0.5) is 10.2 Å². The summed E-state index contributed by atoms with van der Waals surface area (Å²) in [7, 11) is 1.57. The number of aromatic carboxylic acids is 1. The predicted molar refractivity (Wildman–Crippen MR) is 136 cm³/mol. The number of carboxylic acids is 1. The molecular formula is C27H24FN5O4. The maximum atomic E-state index is 14.6. The zero-order chi connectivity index (χ0) is 26.1. The topological polar surface area (TPSA) is 115 Å². The number of fused-ring (bicyclic) bond motifs is 1. The van der Waals surface area contributed by atoms with Gasteiger partial charge in [0, 0.05) is 41.4 Å². The number of hydrogen-bond acceptors (Lipinski definition) is 7. The minimum Gasteiger partial charge on any atom is -0.496 e. The molecule has 0 spiro atoms. The van der Waals surface area contributed by atoms with Crippen LogP contribution in [0.5, 0.6) is 5.75 Å². The van der Waals surface area contributed by atoms with Crippen LogP contribution in [0.15, 0.2) is 59.4 Å². The van der Waals surface area contributed by atoms with Crippen LogP contribution >= 0.6 is 0 Å². The summed E-state index contributed by atoms with van der Waals surface area (Å²) in [5.74, 6) is 0.0843. The average Bonchev–Trinajstić information content (AvgIpc) is 3.45. The molecule has 0 aliphatic carbocycles. The number of carboxylic acid groups (broad SMARTS) is 1. The van der Waals surface area contributed by atoms with Crippen molar-refractivity contribution in [3.63, 3.8) is 0 Å². The largest absolute Gasteiger partial charge is 0.496 e. The molecule has 0 saturated carbocycles. The molecule has 0 aliphatic rings. The van der Waals surface area contributed by atoms with Crippen molar-refractivity contribution < 1.29 is 23.6 Å². The van der Waals surface area contributed by atoms with Gasteiger partial charge in [-0.05, 0) is 32.0 Å².